The summed E-state index contributed by atoms with van der Waals surface area (Å²) in [6, 6.07) is 5.38. The van der Waals surface area contributed by atoms with Gasteiger partial charge in [0.25, 0.3) is 0 Å². The zero-order valence-electron chi connectivity index (χ0n) is 10.7. The van der Waals surface area contributed by atoms with Crippen LogP contribution in [-0.4, -0.2) is 12.2 Å². The van der Waals surface area contributed by atoms with Crippen LogP contribution in [0.3, 0.4) is 0 Å². The molecule has 0 bridgehead atoms. The summed E-state index contributed by atoms with van der Waals surface area (Å²) in [7, 11) is 1.60. The smallest absolute Gasteiger partial charge is 0.126 e. The average molecular weight is 267 g/mol. The molecule has 2 nitrogen and oxygen atoms in total. The first-order valence-electron chi connectivity index (χ1n) is 6.43. The first-order valence-corrected chi connectivity index (χ1v) is 6.80. The van der Waals surface area contributed by atoms with E-state index in [4.69, 9.17) is 16.3 Å². The molecule has 0 heterocycles. The van der Waals surface area contributed by atoms with Gasteiger partial charge in [0.1, 0.15) is 11.9 Å². The van der Waals surface area contributed by atoms with Crippen molar-refractivity contribution in [3.8, 4) is 5.75 Å². The van der Waals surface area contributed by atoms with E-state index in [1.165, 1.54) is 12.8 Å². The molecule has 0 fully saturated rings. The third-order valence-electron chi connectivity index (χ3n) is 3.42. The molecule has 1 unspecified atom stereocenters. The Morgan fingerprint density at radius 2 is 2.11 bits per heavy atom. The number of aliphatic hydroxyl groups is 1. The number of rotatable bonds is 3. The van der Waals surface area contributed by atoms with Crippen molar-refractivity contribution in [3.05, 3.63) is 40.4 Å². The molecule has 2 rings (SSSR count). The van der Waals surface area contributed by atoms with E-state index in [0.717, 1.165) is 30.4 Å². The summed E-state index contributed by atoms with van der Waals surface area (Å²) in [5, 5.41) is 11.1. The molecular formula is C15H19ClO2. The number of methoxy groups -OCH3 is 1. The van der Waals surface area contributed by atoms with Gasteiger partial charge in [-0.2, -0.15) is 0 Å². The van der Waals surface area contributed by atoms with Crippen LogP contribution in [0.2, 0.25) is 5.02 Å². The number of halogens is 1. The van der Waals surface area contributed by atoms with Gasteiger partial charge < -0.3 is 9.84 Å². The highest BCUT2D eigenvalue weighted by atomic mass is 35.5. The third-order valence-corrected chi connectivity index (χ3v) is 3.65. The minimum atomic E-state index is -0.574. The summed E-state index contributed by atoms with van der Waals surface area (Å²) in [4.78, 5) is 0. The predicted octanol–water partition coefficient (Wildman–Crippen LogP) is 4.27. The summed E-state index contributed by atoms with van der Waals surface area (Å²) in [6.45, 7) is 0. The minimum absolute atomic E-state index is 0.574. The summed E-state index contributed by atoms with van der Waals surface area (Å²) in [5.41, 5.74) is 1.91. The normalized spacial score (nSPS) is 17.8. The van der Waals surface area contributed by atoms with Gasteiger partial charge in [0.05, 0.1) is 7.11 Å². The van der Waals surface area contributed by atoms with Crippen molar-refractivity contribution in [2.75, 3.05) is 7.11 Å². The number of hydrogen-bond donors (Lipinski definition) is 1. The van der Waals surface area contributed by atoms with Crippen LogP contribution >= 0.6 is 11.6 Å². The SMILES string of the molecule is COc1cc(Cl)ccc1C(O)C1=CCCCCC1. The van der Waals surface area contributed by atoms with Crippen LogP contribution in [0.25, 0.3) is 0 Å². The molecule has 0 spiro atoms. The zero-order chi connectivity index (χ0) is 13.0. The van der Waals surface area contributed by atoms with Crippen molar-refractivity contribution in [2.45, 2.75) is 38.2 Å². The first kappa shape index (κ1) is 13.4. The Bertz CT molecular complexity index is 440. The second kappa shape index (κ2) is 6.26. The summed E-state index contributed by atoms with van der Waals surface area (Å²) in [5.74, 6) is 0.653. The third kappa shape index (κ3) is 3.06. The molecule has 0 radical (unpaired) electrons. The molecule has 18 heavy (non-hydrogen) atoms. The van der Waals surface area contributed by atoms with Gasteiger partial charge in [-0.25, -0.2) is 0 Å². The van der Waals surface area contributed by atoms with Crippen LogP contribution in [0.15, 0.2) is 29.8 Å². The van der Waals surface area contributed by atoms with Crippen LogP contribution in [-0.2, 0) is 0 Å². The van der Waals surface area contributed by atoms with Crippen molar-refractivity contribution in [1.82, 2.24) is 0 Å². The lowest BCUT2D eigenvalue weighted by atomic mass is 9.97. The van der Waals surface area contributed by atoms with Gasteiger partial charge in [0.15, 0.2) is 0 Å². The van der Waals surface area contributed by atoms with E-state index in [2.05, 4.69) is 6.08 Å². The number of allylic oxidation sites excluding steroid dienone is 1. The Balaban J connectivity index is 2.27. The van der Waals surface area contributed by atoms with Gasteiger partial charge in [-0.1, -0.05) is 30.2 Å². The highest BCUT2D eigenvalue weighted by Gasteiger charge is 2.18. The van der Waals surface area contributed by atoms with Crippen molar-refractivity contribution >= 4 is 11.6 Å². The molecule has 0 aliphatic heterocycles. The molecule has 98 valence electrons. The maximum atomic E-state index is 10.5. The van der Waals surface area contributed by atoms with Gasteiger partial charge in [-0.3, -0.25) is 0 Å². The van der Waals surface area contributed by atoms with Gasteiger partial charge in [-0.15, -0.1) is 0 Å². The molecule has 1 aromatic carbocycles. The van der Waals surface area contributed by atoms with Crippen LogP contribution < -0.4 is 4.74 Å². The van der Waals surface area contributed by atoms with E-state index in [1.807, 2.05) is 6.07 Å². The second-order valence-electron chi connectivity index (χ2n) is 4.67. The number of aliphatic hydroxyl groups excluding tert-OH is 1. The molecule has 0 saturated heterocycles. The number of hydrogen-bond acceptors (Lipinski definition) is 2. The number of benzene rings is 1. The maximum Gasteiger partial charge on any atom is 0.126 e. The molecule has 0 amide bonds. The summed E-state index contributed by atoms with van der Waals surface area (Å²) in [6.07, 6.45) is 7.23. The monoisotopic (exact) mass is 266 g/mol. The minimum Gasteiger partial charge on any atom is -0.496 e. The van der Waals surface area contributed by atoms with Gasteiger partial charge in [0, 0.05) is 10.6 Å². The molecule has 0 aromatic heterocycles. The van der Waals surface area contributed by atoms with E-state index < -0.39 is 6.10 Å². The van der Waals surface area contributed by atoms with Crippen molar-refractivity contribution in [3.63, 3.8) is 0 Å². The average Bonchev–Trinajstić information content (AvgIpc) is 2.66. The Morgan fingerprint density at radius 1 is 1.28 bits per heavy atom. The molecule has 1 aromatic rings. The van der Waals surface area contributed by atoms with Crippen LogP contribution in [0.1, 0.15) is 43.8 Å². The Morgan fingerprint density at radius 3 is 2.89 bits per heavy atom. The molecule has 1 aliphatic carbocycles. The highest BCUT2D eigenvalue weighted by molar-refractivity contribution is 6.30. The number of ether oxygens (including phenoxy) is 1. The van der Waals surface area contributed by atoms with E-state index in [-0.39, 0.29) is 0 Å². The van der Waals surface area contributed by atoms with Crippen LogP contribution in [0.5, 0.6) is 5.75 Å². The standard InChI is InChI=1S/C15H19ClO2/c1-18-14-10-12(16)8-9-13(14)15(17)11-6-4-2-3-5-7-11/h6,8-10,15,17H,2-5,7H2,1H3. The van der Waals surface area contributed by atoms with E-state index in [9.17, 15) is 5.11 Å². The Kier molecular flexibility index (Phi) is 4.67. The molecule has 0 saturated carbocycles. The van der Waals surface area contributed by atoms with E-state index in [1.54, 1.807) is 19.2 Å². The van der Waals surface area contributed by atoms with Gasteiger partial charge >= 0.3 is 0 Å². The summed E-state index contributed by atoms with van der Waals surface area (Å²) >= 11 is 5.94. The van der Waals surface area contributed by atoms with Crippen molar-refractivity contribution in [1.29, 1.82) is 0 Å². The molecule has 1 atom stereocenters. The lowest BCUT2D eigenvalue weighted by Gasteiger charge is -2.17. The van der Waals surface area contributed by atoms with E-state index in [0.29, 0.717) is 10.8 Å². The van der Waals surface area contributed by atoms with Crippen LogP contribution in [0.4, 0.5) is 0 Å². The second-order valence-corrected chi connectivity index (χ2v) is 5.10. The molecular weight excluding hydrogens is 248 g/mol. The van der Waals surface area contributed by atoms with Crippen molar-refractivity contribution < 1.29 is 9.84 Å². The maximum absolute atomic E-state index is 10.5. The van der Waals surface area contributed by atoms with Gasteiger partial charge in [-0.05, 0) is 43.4 Å². The van der Waals surface area contributed by atoms with Crippen molar-refractivity contribution in [2.24, 2.45) is 0 Å². The Labute approximate surface area is 113 Å². The highest BCUT2D eigenvalue weighted by Crippen LogP contribution is 2.35. The molecule has 1 aliphatic rings. The zero-order valence-corrected chi connectivity index (χ0v) is 11.4. The topological polar surface area (TPSA) is 29.5 Å². The lowest BCUT2D eigenvalue weighted by molar-refractivity contribution is 0.205. The fraction of sp³-hybridized carbons (Fsp3) is 0.467. The first-order chi connectivity index (χ1) is 8.72. The van der Waals surface area contributed by atoms with Crippen LogP contribution in [0, 0.1) is 0 Å². The lowest BCUT2D eigenvalue weighted by Crippen LogP contribution is -2.04. The summed E-state index contributed by atoms with van der Waals surface area (Å²) < 4.78 is 5.30. The fourth-order valence-electron chi connectivity index (χ4n) is 2.40. The predicted molar refractivity (Wildman–Crippen MR) is 74.1 cm³/mol. The quantitative estimate of drug-likeness (QED) is 0.828. The fourth-order valence-corrected chi connectivity index (χ4v) is 2.56. The molecule has 1 N–H and O–H groups in total. The van der Waals surface area contributed by atoms with E-state index >= 15 is 0 Å². The largest absolute Gasteiger partial charge is 0.496 e. The van der Waals surface area contributed by atoms with Gasteiger partial charge in [0.2, 0.25) is 0 Å². The molecule has 3 heteroatoms. The Hall–Kier alpha value is -0.990.